The van der Waals surface area contributed by atoms with E-state index in [0.29, 0.717) is 12.8 Å². The van der Waals surface area contributed by atoms with Gasteiger partial charge in [-0.25, -0.2) is 4.79 Å². The van der Waals surface area contributed by atoms with Gasteiger partial charge in [0, 0.05) is 12.0 Å². The molecule has 7 N–H and O–H groups in total. The number of hydrogen-bond acceptors (Lipinski definition) is 4. The number of aliphatic carboxylic acids is 3. The Kier molecular flexibility index (Phi) is 21.8. The van der Waals surface area contributed by atoms with Crippen molar-refractivity contribution in [2.75, 3.05) is 0 Å². The molecule has 9 nitrogen and oxygen atoms in total. The van der Waals surface area contributed by atoms with E-state index >= 15 is 0 Å². The summed E-state index contributed by atoms with van der Waals surface area (Å²) >= 11 is 0. The molecular weight excluding hydrogens is 334 g/mol. The van der Waals surface area contributed by atoms with Gasteiger partial charge >= 0.3 is 17.9 Å². The van der Waals surface area contributed by atoms with Gasteiger partial charge in [-0.05, 0) is 19.3 Å². The van der Waals surface area contributed by atoms with Gasteiger partial charge in [-0.1, -0.05) is 34.3 Å². The summed E-state index contributed by atoms with van der Waals surface area (Å²) in [6.07, 6.45) is 2.49. The van der Waals surface area contributed by atoms with Gasteiger partial charge in [-0.15, -0.1) is 0 Å². The minimum absolute atomic E-state index is 0. The van der Waals surface area contributed by atoms with Crippen LogP contribution in [0.15, 0.2) is 12.7 Å². The number of carbonyl (C=O) groups is 4. The molecule has 0 saturated heterocycles. The van der Waals surface area contributed by atoms with E-state index in [1.807, 2.05) is 13.8 Å². The highest BCUT2D eigenvalue weighted by atomic mass is 16.4. The lowest BCUT2D eigenvalue weighted by Crippen LogP contribution is -2.26. The summed E-state index contributed by atoms with van der Waals surface area (Å²) < 4.78 is 0. The SMILES string of the molecule is C=CC(=O)O.CCC(C)C(=O)O.CCC(CC(C)C(=O)O)C(N)=O.O. The lowest BCUT2D eigenvalue weighted by Gasteiger charge is -2.12. The van der Waals surface area contributed by atoms with Gasteiger partial charge in [-0.3, -0.25) is 14.4 Å². The standard InChI is InChI=1S/C8H15NO3.C5H10O2.C3H4O2.H2O/c1-3-6(7(9)10)4-5(2)8(11)12;1-3-4(2)5(6)7;1-2-3(4)5;/h5-6H,3-4H2,1-2H3,(H2,9,10)(H,11,12);4H,3H2,1-2H3,(H,6,7);2H,1H2,(H,4,5);1H2. The van der Waals surface area contributed by atoms with Gasteiger partial charge in [0.05, 0.1) is 11.8 Å². The Balaban J connectivity index is -0.000000145. The molecule has 0 radical (unpaired) electrons. The zero-order chi connectivity index (χ0) is 19.9. The molecule has 0 rings (SSSR count). The molecule has 0 aliphatic rings. The first-order valence-corrected chi connectivity index (χ1v) is 7.54. The summed E-state index contributed by atoms with van der Waals surface area (Å²) in [5.74, 6) is -3.97. The molecule has 0 aromatic carbocycles. The number of carboxylic acids is 3. The second-order valence-corrected chi connectivity index (χ2v) is 5.17. The molecule has 0 spiro atoms. The second-order valence-electron chi connectivity index (χ2n) is 5.17. The second kappa shape index (κ2) is 17.9. The van der Waals surface area contributed by atoms with E-state index in [-0.39, 0.29) is 17.3 Å². The van der Waals surface area contributed by atoms with Crippen molar-refractivity contribution in [1.82, 2.24) is 0 Å². The smallest absolute Gasteiger partial charge is 0.327 e. The molecule has 0 aromatic rings. The zero-order valence-corrected chi connectivity index (χ0v) is 15.2. The van der Waals surface area contributed by atoms with Crippen LogP contribution in [0.25, 0.3) is 0 Å². The van der Waals surface area contributed by atoms with Crippen LogP contribution in [-0.4, -0.2) is 44.6 Å². The fraction of sp³-hybridized carbons (Fsp3) is 0.625. The summed E-state index contributed by atoms with van der Waals surface area (Å²) in [4.78, 5) is 40.3. The Hall–Kier alpha value is -2.42. The van der Waals surface area contributed by atoms with Crippen LogP contribution in [0.2, 0.25) is 0 Å². The topological polar surface area (TPSA) is 186 Å². The van der Waals surface area contributed by atoms with E-state index in [1.165, 1.54) is 0 Å². The van der Waals surface area contributed by atoms with Crippen molar-refractivity contribution in [1.29, 1.82) is 0 Å². The van der Waals surface area contributed by atoms with Gasteiger partial charge in [0.15, 0.2) is 0 Å². The molecule has 0 aliphatic heterocycles. The fourth-order valence-electron chi connectivity index (χ4n) is 1.19. The van der Waals surface area contributed by atoms with Gasteiger partial charge in [-0.2, -0.15) is 0 Å². The van der Waals surface area contributed by atoms with Crippen LogP contribution >= 0.6 is 0 Å². The Morgan fingerprint density at radius 2 is 1.32 bits per heavy atom. The van der Waals surface area contributed by atoms with Crippen LogP contribution in [0.5, 0.6) is 0 Å². The van der Waals surface area contributed by atoms with E-state index in [4.69, 9.17) is 21.1 Å². The normalized spacial score (nSPS) is 12.3. The third-order valence-electron chi connectivity index (χ3n) is 3.16. The summed E-state index contributed by atoms with van der Waals surface area (Å²) in [6.45, 7) is 9.92. The molecule has 0 aromatic heterocycles. The van der Waals surface area contributed by atoms with Gasteiger partial charge in [0.1, 0.15) is 0 Å². The molecule has 0 heterocycles. The Labute approximate surface area is 147 Å². The average Bonchev–Trinajstić information content (AvgIpc) is 2.51. The van der Waals surface area contributed by atoms with Gasteiger partial charge in [0.2, 0.25) is 5.91 Å². The van der Waals surface area contributed by atoms with Crippen LogP contribution in [-0.2, 0) is 19.2 Å². The highest BCUT2D eigenvalue weighted by Crippen LogP contribution is 2.14. The van der Waals surface area contributed by atoms with Crippen molar-refractivity contribution in [2.24, 2.45) is 23.5 Å². The summed E-state index contributed by atoms with van der Waals surface area (Å²) in [6, 6.07) is 0. The van der Waals surface area contributed by atoms with Crippen LogP contribution in [0.3, 0.4) is 0 Å². The molecule has 3 unspecified atom stereocenters. The molecule has 1 amide bonds. The highest BCUT2D eigenvalue weighted by Gasteiger charge is 2.20. The van der Waals surface area contributed by atoms with Crippen LogP contribution in [0.4, 0.5) is 0 Å². The Morgan fingerprint density at radius 3 is 1.44 bits per heavy atom. The van der Waals surface area contributed by atoms with Crippen molar-refractivity contribution < 1.29 is 40.0 Å². The van der Waals surface area contributed by atoms with E-state index in [2.05, 4.69) is 6.58 Å². The van der Waals surface area contributed by atoms with Crippen LogP contribution in [0.1, 0.15) is 47.0 Å². The van der Waals surface area contributed by atoms with Crippen LogP contribution in [0, 0.1) is 17.8 Å². The first-order valence-electron chi connectivity index (χ1n) is 7.54. The molecule has 0 saturated carbocycles. The maximum atomic E-state index is 10.7. The molecule has 0 aliphatic carbocycles. The largest absolute Gasteiger partial charge is 0.481 e. The number of carbonyl (C=O) groups excluding carboxylic acids is 1. The number of nitrogens with two attached hydrogens (primary N) is 1. The summed E-state index contributed by atoms with van der Waals surface area (Å²) in [5.41, 5.74) is 5.06. The predicted molar refractivity (Wildman–Crippen MR) is 92.9 cm³/mol. The maximum absolute atomic E-state index is 10.7. The molecule has 148 valence electrons. The Morgan fingerprint density at radius 1 is 0.960 bits per heavy atom. The monoisotopic (exact) mass is 365 g/mol. The van der Waals surface area contributed by atoms with E-state index in [1.54, 1.807) is 13.8 Å². The fourth-order valence-corrected chi connectivity index (χ4v) is 1.19. The van der Waals surface area contributed by atoms with Gasteiger partial charge in [0.25, 0.3) is 0 Å². The predicted octanol–water partition coefficient (Wildman–Crippen LogP) is 1.16. The quantitative estimate of drug-likeness (QED) is 0.464. The lowest BCUT2D eigenvalue weighted by molar-refractivity contribution is -0.142. The first kappa shape index (κ1) is 30.5. The Bertz CT molecular complexity index is 422. The van der Waals surface area contributed by atoms with Crippen LogP contribution < -0.4 is 5.73 Å². The maximum Gasteiger partial charge on any atom is 0.327 e. The van der Waals surface area contributed by atoms with E-state index < -0.39 is 29.7 Å². The molecule has 0 fully saturated rings. The van der Waals surface area contributed by atoms with Crippen molar-refractivity contribution >= 4 is 23.8 Å². The highest BCUT2D eigenvalue weighted by molar-refractivity contribution is 5.79. The van der Waals surface area contributed by atoms with Crippen molar-refractivity contribution in [3.63, 3.8) is 0 Å². The van der Waals surface area contributed by atoms with Crippen molar-refractivity contribution in [3.8, 4) is 0 Å². The molecule has 25 heavy (non-hydrogen) atoms. The lowest BCUT2D eigenvalue weighted by atomic mass is 9.93. The molecule has 0 bridgehead atoms. The third kappa shape index (κ3) is 21.6. The number of carboxylic acid groups (broad SMARTS) is 3. The van der Waals surface area contributed by atoms with E-state index in [9.17, 15) is 19.2 Å². The number of rotatable bonds is 8. The minimum atomic E-state index is -0.981. The molecule has 3 atom stereocenters. The molecular formula is C16H31NO8. The first-order chi connectivity index (χ1) is 10.9. The van der Waals surface area contributed by atoms with E-state index in [0.717, 1.165) is 12.5 Å². The molecule has 9 heteroatoms. The van der Waals surface area contributed by atoms with Gasteiger partial charge < -0.3 is 26.5 Å². The number of hydrogen-bond donors (Lipinski definition) is 4. The number of amides is 1. The third-order valence-corrected chi connectivity index (χ3v) is 3.16. The zero-order valence-electron chi connectivity index (χ0n) is 15.2. The van der Waals surface area contributed by atoms with Crippen molar-refractivity contribution in [2.45, 2.75) is 47.0 Å². The minimum Gasteiger partial charge on any atom is -0.481 e. The number of primary amides is 1. The van der Waals surface area contributed by atoms with Crippen molar-refractivity contribution in [3.05, 3.63) is 12.7 Å². The summed E-state index contributed by atoms with van der Waals surface area (Å²) in [7, 11) is 0. The average molecular weight is 365 g/mol. The summed E-state index contributed by atoms with van der Waals surface area (Å²) in [5, 5.41) is 24.3.